The molecule has 9 heteroatoms. The van der Waals surface area contributed by atoms with Crippen LogP contribution in [0.3, 0.4) is 0 Å². The van der Waals surface area contributed by atoms with Gasteiger partial charge < -0.3 is 15.8 Å². The maximum atomic E-state index is 13.5. The SMILES string of the molecule is NC(=O)CC[C@@H]1N[C@]2(C(=O)Nc3ccccc32)[C@@H]2C(=O)N(C[C@H]3CCCO3)C(=O)[C@@H]12. The fourth-order valence-electron chi connectivity index (χ4n) is 5.54. The number of nitrogens with zero attached hydrogens (tertiary/aromatic N) is 1. The lowest BCUT2D eigenvalue weighted by molar-refractivity contribution is -0.144. The van der Waals surface area contributed by atoms with E-state index in [9.17, 15) is 19.2 Å². The van der Waals surface area contributed by atoms with E-state index in [1.54, 1.807) is 24.3 Å². The molecule has 3 saturated heterocycles. The summed E-state index contributed by atoms with van der Waals surface area (Å²) < 4.78 is 5.63. The number of amides is 4. The Morgan fingerprint density at radius 1 is 1.23 bits per heavy atom. The van der Waals surface area contributed by atoms with Crippen molar-refractivity contribution in [2.75, 3.05) is 18.5 Å². The van der Waals surface area contributed by atoms with Crippen LogP contribution in [0.25, 0.3) is 0 Å². The topological polar surface area (TPSA) is 131 Å². The molecule has 5 atom stereocenters. The summed E-state index contributed by atoms with van der Waals surface area (Å²) >= 11 is 0. The zero-order valence-electron chi connectivity index (χ0n) is 16.4. The molecule has 4 amide bonds. The van der Waals surface area contributed by atoms with E-state index in [0.29, 0.717) is 17.9 Å². The molecular formula is C21H24N4O5. The van der Waals surface area contributed by atoms with Gasteiger partial charge in [-0.25, -0.2) is 0 Å². The van der Waals surface area contributed by atoms with Gasteiger partial charge in [0.1, 0.15) is 5.54 Å². The number of likely N-dealkylation sites (tertiary alicyclic amines) is 1. The maximum Gasteiger partial charge on any atom is 0.250 e. The number of ether oxygens (including phenoxy) is 1. The van der Waals surface area contributed by atoms with Crippen LogP contribution in [-0.4, -0.2) is 53.8 Å². The van der Waals surface area contributed by atoms with Gasteiger partial charge in [0, 0.05) is 30.3 Å². The quantitative estimate of drug-likeness (QED) is 0.577. The number of carbonyl (C=O) groups excluding carboxylic acids is 4. The minimum atomic E-state index is -1.33. The summed E-state index contributed by atoms with van der Waals surface area (Å²) in [4.78, 5) is 52.8. The molecule has 1 aromatic carbocycles. The molecule has 4 aliphatic rings. The number of carbonyl (C=O) groups is 4. The number of nitrogens with one attached hydrogen (secondary N) is 2. The van der Waals surface area contributed by atoms with Crippen LogP contribution in [-0.2, 0) is 29.5 Å². The van der Waals surface area contributed by atoms with Gasteiger partial charge in [0.15, 0.2) is 0 Å². The zero-order chi connectivity index (χ0) is 21.0. The van der Waals surface area contributed by atoms with Gasteiger partial charge in [-0.05, 0) is 25.3 Å². The molecule has 9 nitrogen and oxygen atoms in total. The van der Waals surface area contributed by atoms with Gasteiger partial charge in [0.2, 0.25) is 23.6 Å². The molecule has 4 heterocycles. The summed E-state index contributed by atoms with van der Waals surface area (Å²) in [5, 5.41) is 6.14. The highest BCUT2D eigenvalue weighted by molar-refractivity contribution is 6.15. The molecule has 4 aliphatic heterocycles. The molecular weight excluding hydrogens is 388 g/mol. The highest BCUT2D eigenvalue weighted by atomic mass is 16.5. The number of rotatable bonds is 5. The van der Waals surface area contributed by atoms with Crippen LogP contribution in [0, 0.1) is 11.8 Å². The van der Waals surface area contributed by atoms with Crippen LogP contribution in [0.15, 0.2) is 24.3 Å². The molecule has 3 fully saturated rings. The first-order valence-electron chi connectivity index (χ1n) is 10.4. The van der Waals surface area contributed by atoms with Crippen LogP contribution >= 0.6 is 0 Å². The molecule has 1 aromatic rings. The number of fused-ring (bicyclic) bond motifs is 4. The van der Waals surface area contributed by atoms with Crippen molar-refractivity contribution in [2.45, 2.75) is 43.4 Å². The standard InChI is InChI=1S/C21H24N4O5/c22-15(26)8-7-14-16-17(19(28)25(18(16)27)10-11-4-3-9-30-11)21(24-14)12-5-1-2-6-13(12)23-20(21)29/h1-2,5-6,11,14,16-17,24H,3-4,7-10H2,(H2,22,26)(H,23,29)/t11-,14+,16+,17+,21+/m1/s1. The molecule has 0 saturated carbocycles. The second-order valence-corrected chi connectivity index (χ2v) is 8.49. The molecule has 4 N–H and O–H groups in total. The number of imide groups is 1. The fourth-order valence-corrected chi connectivity index (χ4v) is 5.54. The predicted octanol–water partition coefficient (Wildman–Crippen LogP) is -0.149. The third kappa shape index (κ3) is 2.61. The number of anilines is 1. The Morgan fingerprint density at radius 2 is 2.03 bits per heavy atom. The highest BCUT2D eigenvalue weighted by Gasteiger charge is 2.70. The van der Waals surface area contributed by atoms with Gasteiger partial charge in [-0.15, -0.1) is 0 Å². The summed E-state index contributed by atoms with van der Waals surface area (Å²) in [7, 11) is 0. The predicted molar refractivity (Wildman–Crippen MR) is 105 cm³/mol. The number of hydrogen-bond acceptors (Lipinski definition) is 6. The summed E-state index contributed by atoms with van der Waals surface area (Å²) in [5.41, 5.74) is 5.28. The van der Waals surface area contributed by atoms with Crippen LogP contribution in [0.1, 0.15) is 31.2 Å². The number of benzene rings is 1. The van der Waals surface area contributed by atoms with Gasteiger partial charge in [0.05, 0.1) is 24.5 Å². The molecule has 0 aromatic heterocycles. The van der Waals surface area contributed by atoms with Crippen LogP contribution < -0.4 is 16.4 Å². The molecule has 0 radical (unpaired) electrons. The Labute approximate surface area is 173 Å². The van der Waals surface area contributed by atoms with Crippen molar-refractivity contribution in [2.24, 2.45) is 17.6 Å². The van der Waals surface area contributed by atoms with E-state index in [2.05, 4.69) is 10.6 Å². The van der Waals surface area contributed by atoms with E-state index in [-0.39, 0.29) is 43.2 Å². The van der Waals surface area contributed by atoms with E-state index >= 15 is 0 Å². The number of hydrogen-bond donors (Lipinski definition) is 3. The Balaban J connectivity index is 1.55. The average molecular weight is 412 g/mol. The van der Waals surface area contributed by atoms with Crippen LogP contribution in [0.4, 0.5) is 5.69 Å². The normalized spacial score (nSPS) is 34.5. The molecule has 0 unspecified atom stereocenters. The Bertz CT molecular complexity index is 943. The van der Waals surface area contributed by atoms with Crippen LogP contribution in [0.2, 0.25) is 0 Å². The third-order valence-electron chi connectivity index (χ3n) is 6.83. The Morgan fingerprint density at radius 3 is 2.77 bits per heavy atom. The average Bonchev–Trinajstić information content (AvgIpc) is 3.46. The van der Waals surface area contributed by atoms with Crippen molar-refractivity contribution < 1.29 is 23.9 Å². The van der Waals surface area contributed by atoms with Crippen molar-refractivity contribution in [3.05, 3.63) is 29.8 Å². The summed E-state index contributed by atoms with van der Waals surface area (Å²) in [5.74, 6) is -3.10. The lowest BCUT2D eigenvalue weighted by atomic mass is 9.76. The van der Waals surface area contributed by atoms with Crippen molar-refractivity contribution in [3.63, 3.8) is 0 Å². The summed E-state index contributed by atoms with van der Waals surface area (Å²) in [6, 6.07) is 6.68. The van der Waals surface area contributed by atoms with E-state index in [1.807, 2.05) is 0 Å². The second kappa shape index (κ2) is 6.88. The van der Waals surface area contributed by atoms with Gasteiger partial charge in [-0.1, -0.05) is 18.2 Å². The second-order valence-electron chi connectivity index (χ2n) is 8.49. The molecule has 158 valence electrons. The summed E-state index contributed by atoms with van der Waals surface area (Å²) in [6.07, 6.45) is 1.86. The molecule has 5 rings (SSSR count). The molecule has 0 bridgehead atoms. The zero-order valence-corrected chi connectivity index (χ0v) is 16.4. The number of para-hydroxylation sites is 1. The van der Waals surface area contributed by atoms with Gasteiger partial charge in [-0.2, -0.15) is 0 Å². The first-order valence-corrected chi connectivity index (χ1v) is 10.4. The maximum absolute atomic E-state index is 13.5. The van der Waals surface area contributed by atoms with Crippen LogP contribution in [0.5, 0.6) is 0 Å². The van der Waals surface area contributed by atoms with Gasteiger partial charge in [0.25, 0.3) is 0 Å². The van der Waals surface area contributed by atoms with E-state index in [0.717, 1.165) is 12.8 Å². The number of nitrogens with two attached hydrogens (primary N) is 1. The van der Waals surface area contributed by atoms with Crippen molar-refractivity contribution in [3.8, 4) is 0 Å². The molecule has 30 heavy (non-hydrogen) atoms. The highest BCUT2D eigenvalue weighted by Crippen LogP contribution is 2.53. The summed E-state index contributed by atoms with van der Waals surface area (Å²) in [6.45, 7) is 0.822. The van der Waals surface area contributed by atoms with E-state index in [1.165, 1.54) is 4.90 Å². The lowest BCUT2D eigenvalue weighted by Gasteiger charge is -2.30. The number of primary amides is 1. The van der Waals surface area contributed by atoms with E-state index in [4.69, 9.17) is 10.5 Å². The third-order valence-corrected chi connectivity index (χ3v) is 6.83. The van der Waals surface area contributed by atoms with E-state index < -0.39 is 29.3 Å². The lowest BCUT2D eigenvalue weighted by Crippen LogP contribution is -2.53. The van der Waals surface area contributed by atoms with Crippen molar-refractivity contribution in [1.82, 2.24) is 10.2 Å². The van der Waals surface area contributed by atoms with Crippen molar-refractivity contribution in [1.29, 1.82) is 0 Å². The largest absolute Gasteiger partial charge is 0.376 e. The van der Waals surface area contributed by atoms with Gasteiger partial charge in [-0.3, -0.25) is 29.4 Å². The molecule has 1 spiro atoms. The Hall–Kier alpha value is -2.78. The Kier molecular flexibility index (Phi) is 4.41. The molecule has 0 aliphatic carbocycles. The minimum absolute atomic E-state index is 0.0629. The van der Waals surface area contributed by atoms with Gasteiger partial charge >= 0.3 is 0 Å². The van der Waals surface area contributed by atoms with Crippen molar-refractivity contribution >= 4 is 29.3 Å². The smallest absolute Gasteiger partial charge is 0.250 e. The fraction of sp³-hybridized carbons (Fsp3) is 0.524. The first-order chi connectivity index (χ1) is 14.4. The monoisotopic (exact) mass is 412 g/mol. The minimum Gasteiger partial charge on any atom is -0.376 e. The first kappa shape index (κ1) is 19.2.